The number of halogens is 2. The van der Waals surface area contributed by atoms with Crippen LogP contribution in [-0.4, -0.2) is 61.1 Å². The second-order valence-electron chi connectivity index (χ2n) is 7.79. The van der Waals surface area contributed by atoms with Crippen LogP contribution in [0.15, 0.2) is 60.7 Å². The van der Waals surface area contributed by atoms with Crippen molar-refractivity contribution in [1.82, 2.24) is 4.90 Å². The molecule has 2 aromatic rings. The first-order valence-electron chi connectivity index (χ1n) is 11.5. The molecule has 0 aliphatic carbocycles. The maximum absolute atomic E-state index is 13.5. The molecule has 0 heterocycles. The summed E-state index contributed by atoms with van der Waals surface area (Å²) in [6, 6.07) is 14.0. The topological polar surface area (TPSA) is 55.8 Å². The van der Waals surface area contributed by atoms with Gasteiger partial charge in [0.25, 0.3) is 0 Å². The van der Waals surface area contributed by atoms with Crippen molar-refractivity contribution in [2.24, 2.45) is 5.92 Å². The summed E-state index contributed by atoms with van der Waals surface area (Å²) < 4.78 is 10.9. The monoisotopic (exact) mass is 505 g/mol. The third-order valence-electron chi connectivity index (χ3n) is 5.34. The molecule has 0 aromatic heterocycles. The zero-order chi connectivity index (χ0) is 24.9. The molecular weight excluding hydrogens is 473 g/mol. The molecule has 0 saturated heterocycles. The van der Waals surface area contributed by atoms with Crippen molar-refractivity contribution in [3.05, 3.63) is 71.8 Å². The summed E-state index contributed by atoms with van der Waals surface area (Å²) in [5.74, 6) is 1.54. The third kappa shape index (κ3) is 8.46. The second-order valence-corrected chi connectivity index (χ2v) is 8.55. The fourth-order valence-electron chi connectivity index (χ4n) is 3.67. The second kappa shape index (κ2) is 14.8. The minimum absolute atomic E-state index is 0.0576. The molecule has 0 fully saturated rings. The van der Waals surface area contributed by atoms with Crippen LogP contribution in [0.25, 0.3) is 0 Å². The summed E-state index contributed by atoms with van der Waals surface area (Å²) in [7, 11) is 0. The Morgan fingerprint density at radius 1 is 0.853 bits per heavy atom. The number of benzene rings is 2. The fourth-order valence-corrected chi connectivity index (χ4v) is 4.14. The van der Waals surface area contributed by atoms with E-state index >= 15 is 0 Å². The van der Waals surface area contributed by atoms with E-state index in [1.165, 1.54) is 0 Å². The number of rotatable bonds is 16. The van der Waals surface area contributed by atoms with E-state index in [2.05, 4.69) is 6.58 Å². The lowest BCUT2D eigenvalue weighted by molar-refractivity contribution is 0.0880. The Kier molecular flexibility index (Phi) is 12.2. The molecule has 0 aliphatic rings. The van der Waals surface area contributed by atoms with Gasteiger partial charge in [0.1, 0.15) is 11.5 Å². The molecule has 34 heavy (non-hydrogen) atoms. The number of Topliss-reactive ketones (excluding diaryl/α,β-unsaturated/α-hetero) is 2. The number of alkyl halides is 2. The third-order valence-corrected chi connectivity index (χ3v) is 5.68. The van der Waals surface area contributed by atoms with Gasteiger partial charge in [-0.25, -0.2) is 0 Å². The summed E-state index contributed by atoms with van der Waals surface area (Å²) >= 11 is 11.9. The Balaban J connectivity index is 2.22. The lowest BCUT2D eigenvalue weighted by Crippen LogP contribution is -2.36. The Morgan fingerprint density at radius 2 is 1.32 bits per heavy atom. The summed E-state index contributed by atoms with van der Waals surface area (Å²) in [6.07, 6.45) is 0.235. The molecule has 0 aliphatic heterocycles. The molecule has 0 N–H and O–H groups in total. The molecule has 5 nitrogen and oxygen atoms in total. The molecule has 2 aromatic carbocycles. The van der Waals surface area contributed by atoms with Gasteiger partial charge in [-0.3, -0.25) is 9.59 Å². The largest absolute Gasteiger partial charge is 0.494 e. The number of nitrogens with zero attached hydrogens (tertiary/aromatic N) is 1. The van der Waals surface area contributed by atoms with Gasteiger partial charge in [0, 0.05) is 48.4 Å². The normalized spacial score (nSPS) is 11.8. The first-order valence-corrected chi connectivity index (χ1v) is 12.6. The van der Waals surface area contributed by atoms with Gasteiger partial charge in [0.2, 0.25) is 0 Å². The first kappa shape index (κ1) is 27.9. The average molecular weight is 506 g/mol. The Bertz CT molecular complexity index is 923. The van der Waals surface area contributed by atoms with Gasteiger partial charge < -0.3 is 14.4 Å². The predicted octanol–water partition coefficient (Wildman–Crippen LogP) is 5.89. The van der Waals surface area contributed by atoms with Gasteiger partial charge in [-0.1, -0.05) is 6.58 Å². The molecule has 0 amide bonds. The van der Waals surface area contributed by atoms with Crippen molar-refractivity contribution in [2.75, 3.05) is 44.6 Å². The molecule has 0 bridgehead atoms. The maximum Gasteiger partial charge on any atom is 0.188 e. The molecule has 0 spiro atoms. The van der Waals surface area contributed by atoms with E-state index in [1.54, 1.807) is 48.5 Å². The highest BCUT2D eigenvalue weighted by Crippen LogP contribution is 2.23. The SMILES string of the molecule is C=C(CC(CN(CCCl)CCCl)C(=O)c1ccc(OCC)cc1)C(=O)c1ccc(OCC)cc1. The van der Waals surface area contributed by atoms with E-state index in [0.29, 0.717) is 72.8 Å². The van der Waals surface area contributed by atoms with Crippen molar-refractivity contribution in [2.45, 2.75) is 20.3 Å². The molecular formula is C27H33Cl2NO4. The molecule has 1 unspecified atom stereocenters. The first-order chi connectivity index (χ1) is 16.4. The molecule has 2 rings (SSSR count). The van der Waals surface area contributed by atoms with E-state index in [0.717, 1.165) is 0 Å². The summed E-state index contributed by atoms with van der Waals surface area (Å²) in [6.45, 7) is 10.6. The summed E-state index contributed by atoms with van der Waals surface area (Å²) in [4.78, 5) is 28.6. The Labute approximate surface area is 212 Å². The smallest absolute Gasteiger partial charge is 0.188 e. The zero-order valence-electron chi connectivity index (χ0n) is 19.9. The van der Waals surface area contributed by atoms with E-state index < -0.39 is 5.92 Å². The van der Waals surface area contributed by atoms with Crippen molar-refractivity contribution in [3.63, 3.8) is 0 Å². The van der Waals surface area contributed by atoms with E-state index in [9.17, 15) is 9.59 Å². The van der Waals surface area contributed by atoms with E-state index in [-0.39, 0.29) is 18.0 Å². The number of hydrogen-bond donors (Lipinski definition) is 0. The quantitative estimate of drug-likeness (QED) is 0.161. The van der Waals surface area contributed by atoms with Crippen LogP contribution in [0, 0.1) is 5.92 Å². The van der Waals surface area contributed by atoms with Crippen LogP contribution in [0.1, 0.15) is 41.0 Å². The minimum Gasteiger partial charge on any atom is -0.494 e. The van der Waals surface area contributed by atoms with Gasteiger partial charge in [-0.2, -0.15) is 0 Å². The highest BCUT2D eigenvalue weighted by atomic mass is 35.5. The van der Waals surface area contributed by atoms with Crippen LogP contribution in [0.3, 0.4) is 0 Å². The van der Waals surface area contributed by atoms with Crippen LogP contribution < -0.4 is 9.47 Å². The number of hydrogen-bond acceptors (Lipinski definition) is 5. The number of ether oxygens (including phenoxy) is 2. The number of allylic oxidation sites excluding steroid dienone is 1. The lowest BCUT2D eigenvalue weighted by Gasteiger charge is -2.26. The van der Waals surface area contributed by atoms with E-state index in [4.69, 9.17) is 32.7 Å². The van der Waals surface area contributed by atoms with Gasteiger partial charge in [-0.15, -0.1) is 23.2 Å². The highest BCUT2D eigenvalue weighted by molar-refractivity contribution is 6.18. The van der Waals surface area contributed by atoms with Crippen LogP contribution >= 0.6 is 23.2 Å². The fraction of sp³-hybridized carbons (Fsp3) is 0.407. The van der Waals surface area contributed by atoms with E-state index in [1.807, 2.05) is 18.7 Å². The molecule has 184 valence electrons. The van der Waals surface area contributed by atoms with Crippen LogP contribution in [0.5, 0.6) is 11.5 Å². The molecule has 1 atom stereocenters. The molecule has 7 heteroatoms. The van der Waals surface area contributed by atoms with Crippen LogP contribution in [-0.2, 0) is 0 Å². The van der Waals surface area contributed by atoms with Crippen LogP contribution in [0.4, 0.5) is 0 Å². The Morgan fingerprint density at radius 3 is 1.76 bits per heavy atom. The van der Waals surface area contributed by atoms with Crippen LogP contribution in [0.2, 0.25) is 0 Å². The number of ketones is 2. The average Bonchev–Trinajstić information content (AvgIpc) is 2.84. The van der Waals surface area contributed by atoms with Crippen molar-refractivity contribution in [1.29, 1.82) is 0 Å². The zero-order valence-corrected chi connectivity index (χ0v) is 21.4. The van der Waals surface area contributed by atoms with Gasteiger partial charge in [0.05, 0.1) is 13.2 Å². The van der Waals surface area contributed by atoms with Crippen molar-refractivity contribution < 1.29 is 19.1 Å². The van der Waals surface area contributed by atoms with Gasteiger partial charge in [-0.05, 0) is 74.4 Å². The standard InChI is InChI=1S/C27H33Cl2NO4/c1-4-33-24-10-6-21(7-11-24)26(31)20(3)18-23(19-30(16-14-28)17-15-29)27(32)22-8-12-25(13-9-22)34-5-2/h6-13,23H,3-5,14-19H2,1-2H3. The lowest BCUT2D eigenvalue weighted by atomic mass is 9.88. The highest BCUT2D eigenvalue weighted by Gasteiger charge is 2.26. The molecule has 0 radical (unpaired) electrons. The Hall–Kier alpha value is -2.34. The maximum atomic E-state index is 13.5. The van der Waals surface area contributed by atoms with Gasteiger partial charge >= 0.3 is 0 Å². The summed E-state index contributed by atoms with van der Waals surface area (Å²) in [5.41, 5.74) is 1.45. The number of carbonyl (C=O) groups excluding carboxylic acids is 2. The van der Waals surface area contributed by atoms with Gasteiger partial charge in [0.15, 0.2) is 11.6 Å². The van der Waals surface area contributed by atoms with Crippen molar-refractivity contribution >= 4 is 34.8 Å². The predicted molar refractivity (Wildman–Crippen MR) is 139 cm³/mol. The minimum atomic E-state index is -0.469. The van der Waals surface area contributed by atoms with Crippen molar-refractivity contribution in [3.8, 4) is 11.5 Å². The molecule has 0 saturated carbocycles. The number of carbonyl (C=O) groups is 2. The summed E-state index contributed by atoms with van der Waals surface area (Å²) in [5, 5.41) is 0.